The zero-order valence-electron chi connectivity index (χ0n) is 71.4. The third-order valence-corrected chi connectivity index (χ3v) is 22.3. The zero-order valence-corrected chi connectivity index (χ0v) is 71.4. The summed E-state index contributed by atoms with van der Waals surface area (Å²) in [4.78, 5) is 72.0. The largest absolute Gasteiger partial charge is 0.493 e. The average molecular weight is 1620 g/mol. The lowest BCUT2D eigenvalue weighted by molar-refractivity contribution is -0.385. The lowest BCUT2D eigenvalue weighted by Gasteiger charge is -2.39. The summed E-state index contributed by atoms with van der Waals surface area (Å²) in [6.45, 7) is 40.0. The van der Waals surface area contributed by atoms with E-state index in [2.05, 4.69) is 152 Å². The Morgan fingerprint density at radius 1 is 0.297 bits per heavy atom. The number of hydrogen-bond acceptors (Lipinski definition) is 18. The second-order valence-electron chi connectivity index (χ2n) is 35.6. The minimum atomic E-state index is -1.71. The first-order chi connectivity index (χ1) is 55.7. The van der Waals surface area contributed by atoms with Crippen LogP contribution in [0.25, 0.3) is 0 Å². The molecule has 0 atom stereocenters. The van der Waals surface area contributed by atoms with Crippen LogP contribution < -0.4 is 37.9 Å². The number of nitro groups is 4. The van der Waals surface area contributed by atoms with E-state index in [1.165, 1.54) is 76.3 Å². The van der Waals surface area contributed by atoms with E-state index in [9.17, 15) is 60.3 Å². The first-order valence-electron chi connectivity index (χ1n) is 41.1. The normalized spacial score (nSPS) is 14.0. The van der Waals surface area contributed by atoms with Gasteiger partial charge < -0.3 is 48.1 Å². The lowest BCUT2D eigenvalue weighted by atomic mass is 9.65. The van der Waals surface area contributed by atoms with Crippen molar-refractivity contribution in [1.82, 2.24) is 0 Å². The summed E-state index contributed by atoms with van der Waals surface area (Å²) in [5.41, 5.74) is 9.91. The maximum absolute atomic E-state index is 12.8. The van der Waals surface area contributed by atoms with Crippen molar-refractivity contribution in [2.24, 2.45) is 0 Å². The molecular weight excluding hydrogens is 1510 g/mol. The summed E-state index contributed by atoms with van der Waals surface area (Å²) >= 11 is 0. The molecule has 118 heavy (non-hydrogen) atoms. The van der Waals surface area contributed by atoms with E-state index in [1.54, 1.807) is 0 Å². The summed E-state index contributed by atoms with van der Waals surface area (Å²) in [6.07, 6.45) is 5.02. The van der Waals surface area contributed by atoms with E-state index in [4.69, 9.17) is 37.9 Å². The van der Waals surface area contributed by atoms with Crippen molar-refractivity contribution in [2.45, 2.75) is 234 Å². The molecule has 8 aromatic carbocycles. The monoisotopic (exact) mass is 1620 g/mol. The van der Waals surface area contributed by atoms with Crippen molar-refractivity contribution in [1.29, 1.82) is 0 Å². The van der Waals surface area contributed by atoms with Crippen molar-refractivity contribution in [3.8, 4) is 46.0 Å². The predicted octanol–water partition coefficient (Wildman–Crippen LogP) is 20.6. The summed E-state index contributed by atoms with van der Waals surface area (Å²) in [5, 5.41) is 70.2. The number of nitrogens with zero attached hydrogens (tertiary/aromatic N) is 4. The number of carboxylic acid groups (broad SMARTS) is 2. The molecule has 4 aliphatic carbocycles. The average Bonchev–Trinajstić information content (AvgIpc) is 1.51. The Balaban J connectivity index is 0.000000232. The third-order valence-electron chi connectivity index (χ3n) is 22.3. The van der Waals surface area contributed by atoms with Gasteiger partial charge in [0.25, 0.3) is 22.7 Å². The molecule has 0 saturated carbocycles. The Kier molecular flexibility index (Phi) is 25.8. The van der Waals surface area contributed by atoms with Gasteiger partial charge in [0.15, 0.2) is 13.2 Å². The van der Waals surface area contributed by atoms with Gasteiger partial charge >= 0.3 is 11.9 Å². The molecule has 628 valence electrons. The fourth-order valence-corrected chi connectivity index (χ4v) is 16.7. The summed E-state index contributed by atoms with van der Waals surface area (Å²) in [5.74, 6) is 1.29. The standard InChI is InChI=1S/C55H74O6.C39H38N4O14/c1-16-19-58-48-36-22-34-24-39(51(4,5)6)25-35(47(34)61-33-46(56)57)23-37-27-41(53(10,11)12)30-44(49(37)59-20-17-2)55(43(48)29-40(26-36)52(7,8)9)32-38-28-42(54(13,14)15)31-45(55)50(38)60-21-18-3;1-4-7-54-36-24-10-22-12-27(40(46)47)13-23(35(22)57-21-34(44)45)11-25-15-29(42(50)51)18-32(37(25)55-8-5-2)39(31(36)17-28(14-24)41(48)49)20-26-16-30(43(52)53)19-33(39)38(26)56-9-6-3/h24-31H,16-23,32-33H2,1-15H3,(H,56,57);12-19H,4-11,20-21H2,1-3H3,(H,44,45). The summed E-state index contributed by atoms with van der Waals surface area (Å²) in [6, 6.07) is 28.9. The molecule has 0 unspecified atom stereocenters. The predicted molar refractivity (Wildman–Crippen MR) is 452 cm³/mol. The highest BCUT2D eigenvalue weighted by molar-refractivity contribution is 5.78. The number of carbonyl (C=O) groups is 2. The van der Waals surface area contributed by atoms with Crippen LogP contribution in [0.3, 0.4) is 0 Å². The van der Waals surface area contributed by atoms with Crippen LogP contribution in [-0.4, -0.2) is 94.7 Å². The van der Waals surface area contributed by atoms with Crippen molar-refractivity contribution in [3.05, 3.63) is 249 Å². The van der Waals surface area contributed by atoms with E-state index >= 15 is 0 Å². The molecule has 16 bridgehead atoms. The molecule has 24 nitrogen and oxygen atoms in total. The van der Waals surface area contributed by atoms with E-state index in [-0.39, 0.29) is 128 Å². The first-order valence-corrected chi connectivity index (χ1v) is 41.1. The smallest absolute Gasteiger partial charge is 0.341 e. The Morgan fingerprint density at radius 3 is 0.720 bits per heavy atom. The first kappa shape index (κ1) is 87.5. The van der Waals surface area contributed by atoms with E-state index < -0.39 is 72.7 Å². The van der Waals surface area contributed by atoms with E-state index in [1.807, 2.05) is 20.8 Å². The van der Waals surface area contributed by atoms with Crippen molar-refractivity contribution >= 4 is 34.7 Å². The van der Waals surface area contributed by atoms with Crippen LogP contribution in [0.5, 0.6) is 46.0 Å². The van der Waals surface area contributed by atoms with Crippen LogP contribution in [0.4, 0.5) is 22.7 Å². The molecular formula is C94H112N4O20. The lowest BCUT2D eigenvalue weighted by Crippen LogP contribution is -2.33. The minimum absolute atomic E-state index is 0.0623. The number of rotatable bonds is 28. The van der Waals surface area contributed by atoms with Crippen LogP contribution in [-0.2, 0) is 80.6 Å². The molecule has 0 aliphatic heterocycles. The van der Waals surface area contributed by atoms with Gasteiger partial charge in [-0.15, -0.1) is 0 Å². The highest BCUT2D eigenvalue weighted by atomic mass is 16.6. The van der Waals surface area contributed by atoms with Gasteiger partial charge in [0.1, 0.15) is 46.0 Å². The molecule has 2 N–H and O–H groups in total. The van der Waals surface area contributed by atoms with Gasteiger partial charge in [0.2, 0.25) is 0 Å². The van der Waals surface area contributed by atoms with Crippen molar-refractivity contribution < 1.29 is 77.4 Å². The van der Waals surface area contributed by atoms with Crippen LogP contribution in [0.2, 0.25) is 0 Å². The quantitative estimate of drug-likeness (QED) is 0.0340. The molecule has 0 saturated heterocycles. The number of nitro benzene ring substituents is 4. The number of aliphatic carboxylic acids is 2. The SMILES string of the molecule is CCCOc1c2cc(C(C)(C)C)cc1C1(Cc3cc(C(C)(C)C)cc1c3OCCC)c1cc(C(C)(C)C)cc(c1OCCC)Cc1cc(C(C)(C)C)cc(c1OCC(=O)O)C2.CCCOc1c2cc([N+](=O)[O-])cc1C1(Cc3cc([N+](=O)[O-])cc1c3OCCC)c1cc([N+](=O)[O-])cc(c1OCCC)Cc1cc([N+](=O)[O-])cc(c1OCC(=O)O)C2. The van der Waals surface area contributed by atoms with Gasteiger partial charge in [0, 0.05) is 135 Å². The molecule has 8 aromatic rings. The van der Waals surface area contributed by atoms with Crippen molar-refractivity contribution in [3.63, 3.8) is 0 Å². The number of benzene rings is 8. The van der Waals surface area contributed by atoms with Crippen LogP contribution in [0, 0.1) is 40.5 Å². The maximum atomic E-state index is 12.8. The van der Waals surface area contributed by atoms with E-state index in [0.29, 0.717) is 69.7 Å². The Bertz CT molecular complexity index is 5040. The van der Waals surface area contributed by atoms with Gasteiger partial charge in [-0.3, -0.25) is 40.5 Å². The van der Waals surface area contributed by atoms with Gasteiger partial charge in [-0.05, 0) is 123 Å². The second kappa shape index (κ2) is 34.7. The van der Waals surface area contributed by atoms with Crippen LogP contribution in [0.1, 0.15) is 274 Å². The molecule has 0 heterocycles. The number of hydrogen-bond donors (Lipinski definition) is 2. The Labute approximate surface area is 690 Å². The third kappa shape index (κ3) is 17.6. The molecule has 12 rings (SSSR count). The van der Waals surface area contributed by atoms with Crippen LogP contribution >= 0.6 is 0 Å². The van der Waals surface area contributed by atoms with Gasteiger partial charge in [-0.2, -0.15) is 0 Å². The molecule has 0 radical (unpaired) electrons. The number of ether oxygens (including phenoxy) is 8. The van der Waals surface area contributed by atoms with Gasteiger partial charge in [0.05, 0.1) is 70.2 Å². The van der Waals surface area contributed by atoms with Crippen molar-refractivity contribution in [2.75, 3.05) is 52.9 Å². The number of carboxylic acids is 2. The molecule has 0 aromatic heterocycles. The fraction of sp³-hybridized carbons (Fsp3) is 0.468. The molecule has 24 heteroatoms. The maximum Gasteiger partial charge on any atom is 0.341 e. The number of fused-ring (bicyclic) bond motifs is 22. The molecule has 0 fully saturated rings. The summed E-state index contributed by atoms with van der Waals surface area (Å²) < 4.78 is 52.8. The zero-order chi connectivity index (χ0) is 86.1. The fourth-order valence-electron chi connectivity index (χ4n) is 16.7. The number of non-ortho nitro benzene ring substituents is 4. The van der Waals surface area contributed by atoms with Gasteiger partial charge in [-0.25, -0.2) is 9.59 Å². The van der Waals surface area contributed by atoms with Crippen LogP contribution in [0.15, 0.2) is 97.1 Å². The molecule has 4 aliphatic rings. The molecule has 0 amide bonds. The highest BCUT2D eigenvalue weighted by Crippen LogP contribution is 2.63. The Morgan fingerprint density at radius 2 is 0.483 bits per heavy atom. The summed E-state index contributed by atoms with van der Waals surface area (Å²) in [7, 11) is 0. The second-order valence-corrected chi connectivity index (χ2v) is 35.6. The minimum Gasteiger partial charge on any atom is -0.493 e. The highest BCUT2D eigenvalue weighted by Gasteiger charge is 2.54. The van der Waals surface area contributed by atoms with E-state index in [0.717, 1.165) is 75.5 Å². The topological polar surface area (TPSA) is 321 Å². The Hall–Kier alpha value is -11.3. The molecule has 2 spiro atoms. The van der Waals surface area contributed by atoms with Gasteiger partial charge in [-0.1, -0.05) is 173 Å².